The Hall–Kier alpha value is -3.06. The fourth-order valence-electron chi connectivity index (χ4n) is 2.57. The van der Waals surface area contributed by atoms with Gasteiger partial charge in [0.05, 0.1) is 11.3 Å². The van der Waals surface area contributed by atoms with Gasteiger partial charge in [-0.1, -0.05) is 24.3 Å². The van der Waals surface area contributed by atoms with Crippen LogP contribution in [0, 0.1) is 11.3 Å². The number of nitrogens with one attached hydrogen (secondary N) is 1. The van der Waals surface area contributed by atoms with Gasteiger partial charge >= 0.3 is 0 Å². The van der Waals surface area contributed by atoms with Gasteiger partial charge in [0, 0.05) is 30.9 Å². The number of hydrogen-bond donors (Lipinski definition) is 1. The Morgan fingerprint density at radius 1 is 1.18 bits per heavy atom. The number of carbonyl (C=O) groups is 1. The van der Waals surface area contributed by atoms with Gasteiger partial charge in [-0.15, -0.1) is 0 Å². The van der Waals surface area contributed by atoms with Crippen molar-refractivity contribution in [1.29, 1.82) is 5.26 Å². The van der Waals surface area contributed by atoms with Gasteiger partial charge in [0.1, 0.15) is 6.07 Å². The predicted octanol–water partition coefficient (Wildman–Crippen LogP) is 3.12. The molecule has 0 aliphatic carbocycles. The van der Waals surface area contributed by atoms with Crippen molar-refractivity contribution in [2.45, 2.75) is 0 Å². The van der Waals surface area contributed by atoms with E-state index in [1.807, 2.05) is 61.5 Å². The topological polar surface area (TPSA) is 56.1 Å². The molecule has 4 nitrogen and oxygen atoms in total. The van der Waals surface area contributed by atoms with E-state index < -0.39 is 0 Å². The van der Waals surface area contributed by atoms with E-state index in [1.54, 1.807) is 6.07 Å². The number of rotatable bonds is 2. The Kier molecular flexibility index (Phi) is 3.40. The van der Waals surface area contributed by atoms with E-state index in [4.69, 9.17) is 0 Å². The number of hydrogen-bond acceptors (Lipinski definition) is 3. The zero-order chi connectivity index (χ0) is 15.7. The van der Waals surface area contributed by atoms with Crippen LogP contribution in [0.25, 0.3) is 11.6 Å². The number of benzene rings is 2. The molecule has 3 rings (SSSR count). The molecular weight excluding hydrogens is 274 g/mol. The number of fused-ring (bicyclic) bond motifs is 1. The lowest BCUT2D eigenvalue weighted by Crippen LogP contribution is -2.10. The fourth-order valence-corrected chi connectivity index (χ4v) is 2.57. The predicted molar refractivity (Wildman–Crippen MR) is 88.4 cm³/mol. The third-order valence-corrected chi connectivity index (χ3v) is 3.64. The summed E-state index contributed by atoms with van der Waals surface area (Å²) >= 11 is 0. The molecule has 2 aromatic carbocycles. The van der Waals surface area contributed by atoms with Crippen molar-refractivity contribution in [3.05, 3.63) is 59.2 Å². The van der Waals surface area contributed by atoms with Crippen molar-refractivity contribution in [1.82, 2.24) is 0 Å². The van der Waals surface area contributed by atoms with Crippen molar-refractivity contribution in [3.8, 4) is 6.07 Å². The number of anilines is 2. The first-order valence-corrected chi connectivity index (χ1v) is 6.94. The van der Waals surface area contributed by atoms with Crippen LogP contribution in [0.4, 0.5) is 11.4 Å². The maximum atomic E-state index is 12.1. The fraction of sp³-hybridized carbons (Fsp3) is 0.111. The summed E-state index contributed by atoms with van der Waals surface area (Å²) in [7, 11) is 3.80. The molecular formula is C18H15N3O. The van der Waals surface area contributed by atoms with Gasteiger partial charge in [-0.05, 0) is 29.8 Å². The van der Waals surface area contributed by atoms with E-state index in [0.717, 1.165) is 22.5 Å². The maximum Gasteiger partial charge on any atom is 0.256 e. The highest BCUT2D eigenvalue weighted by Gasteiger charge is 2.23. The van der Waals surface area contributed by atoms with Crippen LogP contribution in [-0.2, 0) is 4.79 Å². The van der Waals surface area contributed by atoms with Gasteiger partial charge in [0.25, 0.3) is 5.91 Å². The number of nitrogens with zero attached hydrogens (tertiary/aromatic N) is 2. The normalized spacial score (nSPS) is 14.4. The molecule has 0 aromatic heterocycles. The van der Waals surface area contributed by atoms with E-state index in [0.29, 0.717) is 11.1 Å². The summed E-state index contributed by atoms with van der Waals surface area (Å²) < 4.78 is 0. The first-order valence-electron chi connectivity index (χ1n) is 6.94. The zero-order valence-corrected chi connectivity index (χ0v) is 12.4. The Bertz CT molecular complexity index is 828. The molecule has 0 fully saturated rings. The highest BCUT2D eigenvalue weighted by molar-refractivity contribution is 6.34. The van der Waals surface area contributed by atoms with Crippen LogP contribution in [0.2, 0.25) is 0 Å². The molecule has 0 unspecified atom stereocenters. The van der Waals surface area contributed by atoms with Crippen molar-refractivity contribution in [2.24, 2.45) is 0 Å². The lowest BCUT2D eigenvalue weighted by molar-refractivity contribution is -0.110. The molecule has 4 heteroatoms. The Labute approximate surface area is 129 Å². The van der Waals surface area contributed by atoms with Crippen molar-refractivity contribution in [2.75, 3.05) is 24.3 Å². The quantitative estimate of drug-likeness (QED) is 0.864. The second-order valence-corrected chi connectivity index (χ2v) is 5.34. The molecule has 0 spiro atoms. The Morgan fingerprint density at radius 3 is 2.68 bits per heavy atom. The number of para-hydroxylation sites is 1. The highest BCUT2D eigenvalue weighted by Crippen LogP contribution is 2.33. The molecule has 1 aliphatic rings. The van der Waals surface area contributed by atoms with Crippen LogP contribution in [0.15, 0.2) is 42.5 Å². The lowest BCUT2D eigenvalue weighted by atomic mass is 10.0. The third kappa shape index (κ3) is 2.33. The van der Waals surface area contributed by atoms with Crippen molar-refractivity contribution >= 4 is 28.9 Å². The van der Waals surface area contributed by atoms with Gasteiger partial charge in [0.2, 0.25) is 0 Å². The molecule has 1 amide bonds. The standard InChI is InChI=1S/C18H15N3O/c1-21(2)17-8-7-12(9-13(17)11-19)10-15-14-5-3-4-6-16(14)20-18(15)22/h3-10H,1-2H3,(H,20,22)/b15-10-. The second kappa shape index (κ2) is 5.38. The summed E-state index contributed by atoms with van der Waals surface area (Å²) in [6.07, 6.45) is 1.82. The SMILES string of the molecule is CN(C)c1ccc(/C=C2\C(=O)Nc3ccccc32)cc1C#N. The first-order chi connectivity index (χ1) is 10.6. The van der Waals surface area contributed by atoms with Gasteiger partial charge in [-0.25, -0.2) is 0 Å². The average molecular weight is 289 g/mol. The van der Waals surface area contributed by atoms with Crippen molar-refractivity contribution in [3.63, 3.8) is 0 Å². The molecule has 0 atom stereocenters. The molecule has 108 valence electrons. The number of amides is 1. The summed E-state index contributed by atoms with van der Waals surface area (Å²) in [6.45, 7) is 0. The van der Waals surface area contributed by atoms with Crippen LogP contribution in [0.1, 0.15) is 16.7 Å². The summed E-state index contributed by atoms with van der Waals surface area (Å²) in [4.78, 5) is 14.0. The van der Waals surface area contributed by atoms with Crippen LogP contribution >= 0.6 is 0 Å². The monoisotopic (exact) mass is 289 g/mol. The first kappa shape index (κ1) is 13.9. The van der Waals surface area contributed by atoms with Gasteiger partial charge in [-0.2, -0.15) is 5.26 Å². The summed E-state index contributed by atoms with van der Waals surface area (Å²) in [5, 5.41) is 12.1. The van der Waals surface area contributed by atoms with E-state index in [9.17, 15) is 10.1 Å². The molecule has 2 aromatic rings. The zero-order valence-electron chi connectivity index (χ0n) is 12.4. The van der Waals surface area contributed by atoms with E-state index >= 15 is 0 Å². The Balaban J connectivity index is 2.07. The number of nitriles is 1. The van der Waals surface area contributed by atoms with Crippen LogP contribution < -0.4 is 10.2 Å². The summed E-state index contributed by atoms with van der Waals surface area (Å²) in [6, 6.07) is 15.4. The molecule has 1 N–H and O–H groups in total. The largest absolute Gasteiger partial charge is 0.377 e. The summed E-state index contributed by atoms with van der Waals surface area (Å²) in [5.74, 6) is -0.114. The average Bonchev–Trinajstić information content (AvgIpc) is 2.83. The van der Waals surface area contributed by atoms with Crippen molar-refractivity contribution < 1.29 is 4.79 Å². The molecule has 0 bridgehead atoms. The highest BCUT2D eigenvalue weighted by atomic mass is 16.2. The van der Waals surface area contributed by atoms with Crippen LogP contribution in [0.5, 0.6) is 0 Å². The van der Waals surface area contributed by atoms with Gasteiger partial charge < -0.3 is 10.2 Å². The van der Waals surface area contributed by atoms with Crippen LogP contribution in [0.3, 0.4) is 0 Å². The molecule has 0 saturated heterocycles. The smallest absolute Gasteiger partial charge is 0.256 e. The second-order valence-electron chi connectivity index (χ2n) is 5.34. The molecule has 0 saturated carbocycles. The minimum Gasteiger partial charge on any atom is -0.377 e. The minimum atomic E-state index is -0.114. The van der Waals surface area contributed by atoms with E-state index in [2.05, 4.69) is 11.4 Å². The van der Waals surface area contributed by atoms with E-state index in [-0.39, 0.29) is 5.91 Å². The van der Waals surface area contributed by atoms with E-state index in [1.165, 1.54) is 0 Å². The Morgan fingerprint density at radius 2 is 1.95 bits per heavy atom. The minimum absolute atomic E-state index is 0.114. The van der Waals surface area contributed by atoms with Gasteiger partial charge in [-0.3, -0.25) is 4.79 Å². The number of carbonyl (C=O) groups excluding carboxylic acids is 1. The van der Waals surface area contributed by atoms with Crippen LogP contribution in [-0.4, -0.2) is 20.0 Å². The van der Waals surface area contributed by atoms with Gasteiger partial charge in [0.15, 0.2) is 0 Å². The molecule has 1 aliphatic heterocycles. The molecule has 1 heterocycles. The molecule has 22 heavy (non-hydrogen) atoms. The summed E-state index contributed by atoms with van der Waals surface area (Å²) in [5.41, 5.74) is 4.62. The maximum absolute atomic E-state index is 12.1. The molecule has 0 radical (unpaired) electrons. The lowest BCUT2D eigenvalue weighted by Gasteiger charge is -2.14. The third-order valence-electron chi connectivity index (χ3n) is 3.64.